The van der Waals surface area contributed by atoms with E-state index in [-0.39, 0.29) is 0 Å². The van der Waals surface area contributed by atoms with Gasteiger partial charge in [-0.3, -0.25) is 4.57 Å². The summed E-state index contributed by atoms with van der Waals surface area (Å²) < 4.78 is 7.69. The van der Waals surface area contributed by atoms with Crippen molar-refractivity contribution < 1.29 is 9.32 Å². The van der Waals surface area contributed by atoms with Crippen LogP contribution in [-0.4, -0.2) is 39.1 Å². The van der Waals surface area contributed by atoms with Crippen molar-refractivity contribution in [3.05, 3.63) is 53.5 Å². The monoisotopic (exact) mass is 373 g/mol. The van der Waals surface area contributed by atoms with Crippen LogP contribution in [0.5, 0.6) is 0 Å². The molecule has 0 aliphatic rings. The van der Waals surface area contributed by atoms with Gasteiger partial charge >= 0.3 is 0 Å². The van der Waals surface area contributed by atoms with E-state index in [0.29, 0.717) is 23.6 Å². The average Bonchev–Trinajstić information content (AvgIpc) is 3.21. The first-order chi connectivity index (χ1) is 12.6. The molecule has 0 radical (unpaired) electrons. The molecule has 0 saturated carbocycles. The molecule has 0 spiro atoms. The highest BCUT2D eigenvalue weighted by Gasteiger charge is 2.25. The van der Waals surface area contributed by atoms with Crippen molar-refractivity contribution in [3.8, 4) is 0 Å². The van der Waals surface area contributed by atoms with E-state index in [9.17, 15) is 0 Å². The third-order valence-corrected chi connectivity index (χ3v) is 5.19. The molecule has 7 nitrogen and oxygen atoms in total. The lowest BCUT2D eigenvalue weighted by Crippen LogP contribution is -3.06. The Kier molecular flexibility index (Phi) is 6.05. The molecule has 8 heteroatoms. The van der Waals surface area contributed by atoms with Gasteiger partial charge in [0, 0.05) is 13.3 Å². The van der Waals surface area contributed by atoms with Gasteiger partial charge in [-0.25, -0.2) is 0 Å². The molecule has 0 aliphatic carbocycles. The van der Waals surface area contributed by atoms with E-state index in [2.05, 4.69) is 70.2 Å². The number of thioether (sulfide) groups is 1. The zero-order valence-corrected chi connectivity index (χ0v) is 16.5. The van der Waals surface area contributed by atoms with Crippen molar-refractivity contribution in [1.82, 2.24) is 25.0 Å². The maximum atomic E-state index is 5.47. The smallest absolute Gasteiger partial charge is 0.226 e. The lowest BCUT2D eigenvalue weighted by molar-refractivity contribution is -0.893. The standard InChI is InChI=1S/C18H24N6OS/c1-5-15(23(3)4)17-21-22-18(26-12-16-20-19-13(2)25-16)24(17)11-14-9-7-6-8-10-14/h6-10,15H,5,11-12H2,1-4H3/p+1/t15-/m1/s1. The number of aromatic nitrogens is 5. The van der Waals surface area contributed by atoms with Crippen LogP contribution in [0.15, 0.2) is 39.9 Å². The zero-order valence-electron chi connectivity index (χ0n) is 15.6. The minimum Gasteiger partial charge on any atom is -0.425 e. The first kappa shape index (κ1) is 18.6. The fourth-order valence-electron chi connectivity index (χ4n) is 2.95. The van der Waals surface area contributed by atoms with Crippen LogP contribution < -0.4 is 4.90 Å². The first-order valence-electron chi connectivity index (χ1n) is 8.77. The van der Waals surface area contributed by atoms with Gasteiger partial charge in [0.2, 0.25) is 11.8 Å². The highest BCUT2D eigenvalue weighted by atomic mass is 32.2. The highest BCUT2D eigenvalue weighted by Crippen LogP contribution is 2.25. The lowest BCUT2D eigenvalue weighted by atomic mass is 10.2. The summed E-state index contributed by atoms with van der Waals surface area (Å²) >= 11 is 1.58. The van der Waals surface area contributed by atoms with Crippen LogP contribution >= 0.6 is 11.8 Å². The molecule has 0 aliphatic heterocycles. The molecular weight excluding hydrogens is 348 g/mol. The third kappa shape index (κ3) is 4.31. The van der Waals surface area contributed by atoms with Crippen molar-refractivity contribution in [3.63, 3.8) is 0 Å². The number of quaternary nitrogens is 1. The van der Waals surface area contributed by atoms with Gasteiger partial charge in [0.15, 0.2) is 11.0 Å². The summed E-state index contributed by atoms with van der Waals surface area (Å²) in [7, 11) is 4.31. The second kappa shape index (κ2) is 8.46. The summed E-state index contributed by atoms with van der Waals surface area (Å²) in [6.45, 7) is 4.73. The Morgan fingerprint density at radius 2 is 1.88 bits per heavy atom. The van der Waals surface area contributed by atoms with Crippen molar-refractivity contribution in [2.45, 2.75) is 43.8 Å². The zero-order chi connectivity index (χ0) is 18.5. The number of nitrogens with one attached hydrogen (secondary N) is 1. The first-order valence-corrected chi connectivity index (χ1v) is 9.76. The van der Waals surface area contributed by atoms with Gasteiger partial charge < -0.3 is 9.32 Å². The van der Waals surface area contributed by atoms with Crippen LogP contribution in [0.2, 0.25) is 0 Å². The van der Waals surface area contributed by atoms with E-state index in [1.807, 2.05) is 6.07 Å². The summed E-state index contributed by atoms with van der Waals surface area (Å²) in [5.41, 5.74) is 1.23. The molecule has 0 unspecified atom stereocenters. The quantitative estimate of drug-likeness (QED) is 0.608. The molecule has 26 heavy (non-hydrogen) atoms. The Morgan fingerprint density at radius 1 is 1.12 bits per heavy atom. The normalized spacial score (nSPS) is 12.7. The number of nitrogens with zero attached hydrogens (tertiary/aromatic N) is 5. The lowest BCUT2D eigenvalue weighted by Gasteiger charge is -2.20. The molecule has 3 aromatic rings. The summed E-state index contributed by atoms with van der Waals surface area (Å²) in [6, 6.07) is 10.7. The Labute approximate surface area is 157 Å². The predicted octanol–water partition coefficient (Wildman–Crippen LogP) is 1.91. The van der Waals surface area contributed by atoms with Crippen molar-refractivity contribution in [2.24, 2.45) is 0 Å². The van der Waals surface area contributed by atoms with E-state index in [4.69, 9.17) is 4.42 Å². The molecule has 0 bridgehead atoms. The van der Waals surface area contributed by atoms with Crippen LogP contribution in [-0.2, 0) is 12.3 Å². The summed E-state index contributed by atoms with van der Waals surface area (Å²) in [5, 5.41) is 17.8. The van der Waals surface area contributed by atoms with Gasteiger partial charge in [-0.2, -0.15) is 0 Å². The topological polar surface area (TPSA) is 74.1 Å². The number of aryl methyl sites for hydroxylation is 1. The molecule has 0 amide bonds. The van der Waals surface area contributed by atoms with Gasteiger partial charge in [-0.1, -0.05) is 49.0 Å². The number of hydrogen-bond donors (Lipinski definition) is 1. The van der Waals surface area contributed by atoms with E-state index in [1.165, 1.54) is 10.5 Å². The van der Waals surface area contributed by atoms with Crippen LogP contribution in [0.3, 0.4) is 0 Å². The number of benzene rings is 1. The van der Waals surface area contributed by atoms with E-state index in [0.717, 1.165) is 23.9 Å². The van der Waals surface area contributed by atoms with Gasteiger partial charge in [0.1, 0.15) is 6.04 Å². The van der Waals surface area contributed by atoms with Gasteiger partial charge in [-0.05, 0) is 5.56 Å². The molecule has 2 aromatic heterocycles. The maximum Gasteiger partial charge on any atom is 0.226 e. The Morgan fingerprint density at radius 3 is 2.50 bits per heavy atom. The van der Waals surface area contributed by atoms with Gasteiger partial charge in [0.05, 0.1) is 26.4 Å². The maximum absolute atomic E-state index is 5.47. The molecule has 1 N–H and O–H groups in total. The fraction of sp³-hybridized carbons (Fsp3) is 0.444. The number of hydrogen-bond acceptors (Lipinski definition) is 6. The Hall–Kier alpha value is -2.19. The third-order valence-electron chi connectivity index (χ3n) is 4.24. The Balaban J connectivity index is 1.88. The largest absolute Gasteiger partial charge is 0.425 e. The molecule has 138 valence electrons. The van der Waals surface area contributed by atoms with Gasteiger partial charge in [0.25, 0.3) is 0 Å². The summed E-state index contributed by atoms with van der Waals surface area (Å²) in [5.74, 6) is 2.78. The number of rotatable bonds is 8. The average molecular weight is 374 g/mol. The molecule has 1 atom stereocenters. The second-order valence-corrected chi connectivity index (χ2v) is 7.40. The molecule has 1 aromatic carbocycles. The molecular formula is C18H25N6OS+. The van der Waals surface area contributed by atoms with Crippen molar-refractivity contribution in [2.75, 3.05) is 14.1 Å². The molecule has 2 heterocycles. The fourth-order valence-corrected chi connectivity index (χ4v) is 3.73. The van der Waals surface area contributed by atoms with Crippen LogP contribution in [0.4, 0.5) is 0 Å². The van der Waals surface area contributed by atoms with Crippen LogP contribution in [0.1, 0.15) is 42.6 Å². The highest BCUT2D eigenvalue weighted by molar-refractivity contribution is 7.98. The molecule has 0 fully saturated rings. The SMILES string of the molecule is CC[C@H](c1nnc(SCc2nnc(C)o2)n1Cc1ccccc1)[NH+](C)C. The van der Waals surface area contributed by atoms with Gasteiger partial charge in [-0.15, -0.1) is 20.4 Å². The minimum absolute atomic E-state index is 0.297. The second-order valence-electron chi connectivity index (χ2n) is 6.45. The Bertz CT molecular complexity index is 829. The van der Waals surface area contributed by atoms with Crippen LogP contribution in [0, 0.1) is 6.92 Å². The van der Waals surface area contributed by atoms with E-state index >= 15 is 0 Å². The predicted molar refractivity (Wildman–Crippen MR) is 100 cm³/mol. The minimum atomic E-state index is 0.297. The van der Waals surface area contributed by atoms with E-state index < -0.39 is 0 Å². The molecule has 0 saturated heterocycles. The summed E-state index contributed by atoms with van der Waals surface area (Å²) in [6.07, 6.45) is 1.00. The van der Waals surface area contributed by atoms with Crippen molar-refractivity contribution in [1.29, 1.82) is 0 Å². The van der Waals surface area contributed by atoms with Crippen LogP contribution in [0.25, 0.3) is 0 Å². The molecule has 3 rings (SSSR count). The van der Waals surface area contributed by atoms with Crippen molar-refractivity contribution >= 4 is 11.8 Å². The summed E-state index contributed by atoms with van der Waals surface area (Å²) in [4.78, 5) is 1.35. The van der Waals surface area contributed by atoms with E-state index in [1.54, 1.807) is 18.7 Å².